The third-order valence-electron chi connectivity index (χ3n) is 12.2. The molecule has 0 radical (unpaired) electrons. The first kappa shape index (κ1) is 65.1. The van der Waals surface area contributed by atoms with E-state index in [2.05, 4.69) is 59.6 Å². The van der Waals surface area contributed by atoms with E-state index in [9.17, 15) is 43.5 Å². The van der Waals surface area contributed by atoms with Gasteiger partial charge in [-0.15, -0.1) is 0 Å². The van der Waals surface area contributed by atoms with Gasteiger partial charge in [0.2, 0.25) is 0 Å². The maximum atomic E-state index is 12.9. The summed E-state index contributed by atoms with van der Waals surface area (Å²) >= 11 is 0. The molecule has 72 heavy (non-hydrogen) atoms. The molecule has 0 saturated carbocycles. The van der Waals surface area contributed by atoms with Crippen molar-refractivity contribution in [2.45, 2.75) is 237 Å². The number of esters is 2. The van der Waals surface area contributed by atoms with Crippen molar-refractivity contribution in [2.75, 3.05) is 25.6 Å². The molecule has 2 heterocycles. The third kappa shape index (κ3) is 32.3. The fourth-order valence-electron chi connectivity index (χ4n) is 8.03. The SMILES string of the molecule is CCCCCC=CCC=CCC=CCCCCCCCCC(=O)OC(COC(=O)CCCCCCCCCCCCCCCCC)COP(=O)(O)OP(=O)(O)OCC1OC(n2ccc(N)nc2=O)C(O)C1O. The zero-order chi connectivity index (χ0) is 52.7. The van der Waals surface area contributed by atoms with Crippen molar-refractivity contribution in [3.8, 4) is 0 Å². The number of carbonyl (C=O) groups is 2. The number of carbonyl (C=O) groups excluding carboxylic acids is 2. The van der Waals surface area contributed by atoms with Gasteiger partial charge in [-0.1, -0.05) is 179 Å². The van der Waals surface area contributed by atoms with Crippen molar-refractivity contribution in [2.24, 2.45) is 0 Å². The van der Waals surface area contributed by atoms with Gasteiger partial charge in [0, 0.05) is 19.0 Å². The van der Waals surface area contributed by atoms with Crippen LogP contribution in [0.15, 0.2) is 53.5 Å². The minimum atomic E-state index is -5.43. The molecule has 1 aromatic rings. The van der Waals surface area contributed by atoms with Crippen molar-refractivity contribution < 1.29 is 66.3 Å². The fraction of sp³-hybridized carbons (Fsp3) is 0.769. The minimum Gasteiger partial charge on any atom is -0.462 e. The van der Waals surface area contributed by atoms with Crippen molar-refractivity contribution in [3.05, 3.63) is 59.2 Å². The number of allylic oxidation sites excluding steroid dienone is 6. The summed E-state index contributed by atoms with van der Waals surface area (Å²) in [5.41, 5.74) is 4.59. The first-order valence-electron chi connectivity index (χ1n) is 27.0. The molecule has 1 aliphatic heterocycles. The number of hydrogen-bond donors (Lipinski definition) is 5. The van der Waals surface area contributed by atoms with E-state index < -0.39 is 83.7 Å². The molecule has 7 atom stereocenters. The van der Waals surface area contributed by atoms with Crippen molar-refractivity contribution in [1.29, 1.82) is 0 Å². The Morgan fingerprint density at radius 2 is 1.12 bits per heavy atom. The number of unbranched alkanes of at least 4 members (excludes halogenated alkanes) is 23. The Hall–Kier alpha value is -3.02. The van der Waals surface area contributed by atoms with Gasteiger partial charge in [-0.3, -0.25) is 23.2 Å². The van der Waals surface area contributed by atoms with Gasteiger partial charge in [0.15, 0.2) is 12.3 Å². The second kappa shape index (κ2) is 40.3. The monoisotopic (exact) mass is 1060 g/mol. The van der Waals surface area contributed by atoms with Crippen LogP contribution in [0, 0.1) is 0 Å². The molecule has 0 bridgehead atoms. The van der Waals surface area contributed by atoms with Gasteiger partial charge in [-0.25, -0.2) is 13.9 Å². The Kier molecular flexibility index (Phi) is 36.4. The van der Waals surface area contributed by atoms with E-state index in [4.69, 9.17) is 29.0 Å². The first-order chi connectivity index (χ1) is 34.7. The summed E-state index contributed by atoms with van der Waals surface area (Å²) in [6.07, 6.45) is 37.8. The molecule has 1 saturated heterocycles. The van der Waals surface area contributed by atoms with Gasteiger partial charge in [0.25, 0.3) is 0 Å². The number of ether oxygens (including phenoxy) is 3. The average molecular weight is 1060 g/mol. The largest absolute Gasteiger partial charge is 0.481 e. The predicted molar refractivity (Wildman–Crippen MR) is 280 cm³/mol. The van der Waals surface area contributed by atoms with Crippen molar-refractivity contribution in [3.63, 3.8) is 0 Å². The van der Waals surface area contributed by atoms with Crippen molar-refractivity contribution >= 4 is 33.4 Å². The topological polar surface area (TPSA) is 265 Å². The third-order valence-corrected chi connectivity index (χ3v) is 14.8. The van der Waals surface area contributed by atoms with Gasteiger partial charge in [0.05, 0.1) is 13.2 Å². The Labute approximate surface area is 429 Å². The van der Waals surface area contributed by atoms with E-state index in [-0.39, 0.29) is 18.7 Å². The predicted octanol–water partition coefficient (Wildman–Crippen LogP) is 11.6. The quantitative estimate of drug-likeness (QED) is 0.0176. The van der Waals surface area contributed by atoms with Crippen LogP contribution in [0.4, 0.5) is 5.82 Å². The molecule has 0 amide bonds. The molecule has 414 valence electrons. The average Bonchev–Trinajstić information content (AvgIpc) is 3.62. The summed E-state index contributed by atoms with van der Waals surface area (Å²) in [5, 5.41) is 20.9. The second-order valence-electron chi connectivity index (χ2n) is 18.7. The van der Waals surface area contributed by atoms with E-state index >= 15 is 0 Å². The molecule has 2 rings (SSSR count). The highest BCUT2D eigenvalue weighted by Gasteiger charge is 2.46. The lowest BCUT2D eigenvalue weighted by Crippen LogP contribution is -2.36. The van der Waals surface area contributed by atoms with E-state index in [1.165, 1.54) is 95.7 Å². The van der Waals surface area contributed by atoms with E-state index in [0.717, 1.165) is 88.0 Å². The highest BCUT2D eigenvalue weighted by molar-refractivity contribution is 7.61. The van der Waals surface area contributed by atoms with E-state index in [1.54, 1.807) is 0 Å². The summed E-state index contributed by atoms with van der Waals surface area (Å²) in [5.74, 6) is -1.30. The molecule has 6 N–H and O–H groups in total. The number of nitrogens with two attached hydrogens (primary N) is 1. The maximum absolute atomic E-state index is 12.9. The number of rotatable bonds is 45. The van der Waals surface area contributed by atoms with Crippen LogP contribution in [0.2, 0.25) is 0 Å². The number of nitrogens with zero attached hydrogens (tertiary/aromatic N) is 2. The molecular formula is C52H91N3O15P2. The van der Waals surface area contributed by atoms with Gasteiger partial charge in [-0.05, 0) is 57.4 Å². The van der Waals surface area contributed by atoms with E-state index in [0.29, 0.717) is 12.8 Å². The summed E-state index contributed by atoms with van der Waals surface area (Å²) < 4.78 is 56.9. The van der Waals surface area contributed by atoms with Gasteiger partial charge >= 0.3 is 33.3 Å². The standard InChI is InChI=1S/C52H91N3O15P2/c1-3-5-7-9-11-13-15-17-19-20-21-22-24-26-28-30-32-34-36-38-48(57)68-44(41-65-47(56)37-35-33-31-29-27-25-23-18-16-14-12-10-8-6-4-2)42-66-71(61,62)70-72(63,64)67-43-45-49(58)50(59)51(69-45)55-40-39-46(53)54-52(55)60/h11,13,17,19,21-22,39-40,44-45,49-51,58-59H,3-10,12,14-16,18,20,23-38,41-43H2,1-2H3,(H,61,62)(H,63,64)(H2,53,54,60). The molecule has 0 aliphatic carbocycles. The van der Waals surface area contributed by atoms with Gasteiger partial charge in [0.1, 0.15) is 30.7 Å². The zero-order valence-corrected chi connectivity index (χ0v) is 45.3. The molecule has 0 spiro atoms. The maximum Gasteiger partial charge on any atom is 0.481 e. The number of nitrogen functional groups attached to an aromatic ring is 1. The van der Waals surface area contributed by atoms with Crippen LogP contribution in [-0.4, -0.2) is 85.7 Å². The smallest absolute Gasteiger partial charge is 0.462 e. The Morgan fingerprint density at radius 3 is 1.67 bits per heavy atom. The lowest BCUT2D eigenvalue weighted by atomic mass is 10.0. The van der Waals surface area contributed by atoms with Crippen LogP contribution >= 0.6 is 15.6 Å². The molecule has 0 aromatic carbocycles. The zero-order valence-electron chi connectivity index (χ0n) is 43.5. The minimum absolute atomic E-state index is 0.0373. The van der Waals surface area contributed by atoms with Crippen LogP contribution in [0.3, 0.4) is 0 Å². The Balaban J connectivity index is 1.78. The highest BCUT2D eigenvalue weighted by Crippen LogP contribution is 2.60. The number of phosphoric ester groups is 2. The lowest BCUT2D eigenvalue weighted by molar-refractivity contribution is -0.161. The molecule has 1 aliphatic rings. The number of aromatic nitrogens is 2. The molecule has 18 nitrogen and oxygen atoms in total. The molecular weight excluding hydrogens is 969 g/mol. The first-order valence-corrected chi connectivity index (χ1v) is 30.0. The summed E-state index contributed by atoms with van der Waals surface area (Å²) in [6, 6.07) is 1.25. The van der Waals surface area contributed by atoms with Crippen LogP contribution in [0.5, 0.6) is 0 Å². The Bertz CT molecular complexity index is 1850. The molecule has 7 unspecified atom stereocenters. The number of anilines is 1. The van der Waals surface area contributed by atoms with Gasteiger partial charge in [-0.2, -0.15) is 9.29 Å². The van der Waals surface area contributed by atoms with Crippen LogP contribution in [0.25, 0.3) is 0 Å². The van der Waals surface area contributed by atoms with Crippen molar-refractivity contribution in [1.82, 2.24) is 9.55 Å². The molecule has 1 aromatic heterocycles. The van der Waals surface area contributed by atoms with Gasteiger partial charge < -0.3 is 39.9 Å². The molecule has 1 fully saturated rings. The Morgan fingerprint density at radius 1 is 0.667 bits per heavy atom. The van der Waals surface area contributed by atoms with Crippen LogP contribution in [-0.2, 0) is 46.3 Å². The number of aliphatic hydroxyl groups is 2. The number of phosphoric acid groups is 2. The number of aliphatic hydroxyl groups excluding tert-OH is 2. The molecule has 20 heteroatoms. The second-order valence-corrected chi connectivity index (χ2v) is 21.8. The highest BCUT2D eigenvalue weighted by atomic mass is 31.3. The summed E-state index contributed by atoms with van der Waals surface area (Å²) in [6.45, 7) is 2.14. The summed E-state index contributed by atoms with van der Waals surface area (Å²) in [7, 11) is -10.8. The summed E-state index contributed by atoms with van der Waals surface area (Å²) in [4.78, 5) is 62.0. The fourth-order valence-corrected chi connectivity index (χ4v) is 10.1. The lowest BCUT2D eigenvalue weighted by Gasteiger charge is -2.21. The van der Waals surface area contributed by atoms with Crippen LogP contribution in [0.1, 0.15) is 213 Å². The number of hydrogen-bond acceptors (Lipinski definition) is 15. The normalized spacial score (nSPS) is 19.3. The van der Waals surface area contributed by atoms with E-state index in [1.807, 2.05) is 0 Å². The van der Waals surface area contributed by atoms with Crippen LogP contribution < -0.4 is 11.4 Å².